The smallest absolute Gasteiger partial charge is 0.316 e. The van der Waals surface area contributed by atoms with Crippen LogP contribution in [0.3, 0.4) is 0 Å². The summed E-state index contributed by atoms with van der Waals surface area (Å²) in [5.74, 6) is -0.728. The van der Waals surface area contributed by atoms with Crippen LogP contribution in [0.4, 0.5) is 0 Å². The van der Waals surface area contributed by atoms with Crippen molar-refractivity contribution in [3.8, 4) is 11.4 Å². The number of pyridine rings is 1. The van der Waals surface area contributed by atoms with Gasteiger partial charge in [-0.25, -0.2) is 13.0 Å². The van der Waals surface area contributed by atoms with E-state index in [0.717, 1.165) is 0 Å². The number of rotatable bonds is 6. The number of amides is 1. The SMILES string of the molecule is CNC(=O)c1nc(-c2cc[n+](CCCS(=O)(=O)[O-])cc2)no1. The number of carbonyl (C=O) groups is 1. The highest BCUT2D eigenvalue weighted by Crippen LogP contribution is 2.13. The van der Waals surface area contributed by atoms with Crippen LogP contribution in [0, 0.1) is 0 Å². The summed E-state index contributed by atoms with van der Waals surface area (Å²) in [6.45, 7) is 0.400. The van der Waals surface area contributed by atoms with Crippen molar-refractivity contribution in [2.24, 2.45) is 0 Å². The van der Waals surface area contributed by atoms with Crippen molar-refractivity contribution in [1.29, 1.82) is 0 Å². The molecule has 0 saturated heterocycles. The van der Waals surface area contributed by atoms with E-state index in [4.69, 9.17) is 4.52 Å². The Morgan fingerprint density at radius 3 is 2.68 bits per heavy atom. The zero-order valence-corrected chi connectivity index (χ0v) is 12.5. The molecule has 2 aromatic rings. The van der Waals surface area contributed by atoms with Crippen molar-refractivity contribution in [3.05, 3.63) is 30.4 Å². The molecule has 0 aliphatic carbocycles. The molecule has 0 radical (unpaired) electrons. The molecular formula is C12H14N4O5S. The summed E-state index contributed by atoms with van der Waals surface area (Å²) in [6.07, 6.45) is 3.63. The molecule has 2 rings (SSSR count). The van der Waals surface area contributed by atoms with E-state index >= 15 is 0 Å². The van der Waals surface area contributed by atoms with E-state index in [0.29, 0.717) is 12.1 Å². The normalized spacial score (nSPS) is 11.4. The fraction of sp³-hybridized carbons (Fsp3) is 0.333. The monoisotopic (exact) mass is 326 g/mol. The van der Waals surface area contributed by atoms with E-state index in [1.54, 1.807) is 29.1 Å². The van der Waals surface area contributed by atoms with Crippen LogP contribution in [0.2, 0.25) is 0 Å². The standard InChI is InChI=1S/C12H14N4O5S/c1-13-11(17)12-14-10(15-21-12)9-3-6-16(7-4-9)5-2-8-22(18,19)20/h3-4,6-7H,2,5,8H2,1H3,(H-,13,17,18,19,20). The van der Waals surface area contributed by atoms with E-state index in [9.17, 15) is 17.8 Å². The van der Waals surface area contributed by atoms with Gasteiger partial charge < -0.3 is 14.4 Å². The molecule has 0 aliphatic rings. The summed E-state index contributed by atoms with van der Waals surface area (Å²) in [5, 5.41) is 6.08. The molecule has 9 nitrogen and oxygen atoms in total. The minimum absolute atomic E-state index is 0.130. The average Bonchev–Trinajstić information content (AvgIpc) is 2.95. The highest BCUT2D eigenvalue weighted by molar-refractivity contribution is 7.85. The Bertz CT molecular complexity index is 754. The van der Waals surface area contributed by atoms with Crippen molar-refractivity contribution in [2.45, 2.75) is 13.0 Å². The topological polar surface area (TPSA) is 129 Å². The molecule has 0 bridgehead atoms. The molecule has 0 aliphatic heterocycles. The van der Waals surface area contributed by atoms with Crippen LogP contribution >= 0.6 is 0 Å². The summed E-state index contributed by atoms with van der Waals surface area (Å²) >= 11 is 0. The molecule has 0 fully saturated rings. The second-order valence-corrected chi connectivity index (χ2v) is 5.97. The predicted molar refractivity (Wildman–Crippen MR) is 72.5 cm³/mol. The van der Waals surface area contributed by atoms with E-state index in [1.165, 1.54) is 7.05 Å². The van der Waals surface area contributed by atoms with Gasteiger partial charge in [0.15, 0.2) is 12.4 Å². The van der Waals surface area contributed by atoms with Gasteiger partial charge in [-0.2, -0.15) is 4.98 Å². The highest BCUT2D eigenvalue weighted by Gasteiger charge is 2.15. The number of nitrogens with zero attached hydrogens (tertiary/aromatic N) is 3. The van der Waals surface area contributed by atoms with Gasteiger partial charge in [0.05, 0.1) is 10.1 Å². The van der Waals surface area contributed by atoms with Gasteiger partial charge >= 0.3 is 11.8 Å². The Morgan fingerprint density at radius 1 is 1.41 bits per heavy atom. The Hall–Kier alpha value is -2.33. The van der Waals surface area contributed by atoms with Crippen LogP contribution < -0.4 is 9.88 Å². The Morgan fingerprint density at radius 2 is 2.09 bits per heavy atom. The number of aryl methyl sites for hydroxylation is 1. The van der Waals surface area contributed by atoms with Gasteiger partial charge in [-0.3, -0.25) is 4.79 Å². The number of carbonyl (C=O) groups excluding carboxylic acids is 1. The third kappa shape index (κ3) is 4.33. The van der Waals surface area contributed by atoms with Crippen LogP contribution in [0.1, 0.15) is 17.1 Å². The minimum atomic E-state index is -4.19. The van der Waals surface area contributed by atoms with Crippen molar-refractivity contribution >= 4 is 16.0 Å². The summed E-state index contributed by atoms with van der Waals surface area (Å²) in [6, 6.07) is 3.40. The molecule has 0 atom stereocenters. The van der Waals surface area contributed by atoms with Gasteiger partial charge in [-0.05, 0) is 0 Å². The van der Waals surface area contributed by atoms with E-state index in [-0.39, 0.29) is 18.1 Å². The molecule has 1 amide bonds. The molecule has 0 spiro atoms. The van der Waals surface area contributed by atoms with Crippen LogP contribution in [-0.4, -0.2) is 41.8 Å². The number of aromatic nitrogens is 3. The molecule has 0 unspecified atom stereocenters. The molecule has 10 heteroatoms. The van der Waals surface area contributed by atoms with Crippen molar-refractivity contribution in [2.75, 3.05) is 12.8 Å². The molecule has 2 heterocycles. The second-order valence-electron chi connectivity index (χ2n) is 4.44. The number of hydrogen-bond acceptors (Lipinski definition) is 7. The third-order valence-electron chi connectivity index (χ3n) is 2.81. The van der Waals surface area contributed by atoms with Crippen LogP contribution in [0.15, 0.2) is 29.0 Å². The first-order valence-corrected chi connectivity index (χ1v) is 7.95. The summed E-state index contributed by atoms with van der Waals surface area (Å²) < 4.78 is 38.1. The Kier molecular flexibility index (Phi) is 4.83. The summed E-state index contributed by atoms with van der Waals surface area (Å²) in [5.41, 5.74) is 0.645. The van der Waals surface area contributed by atoms with Crippen molar-refractivity contribution in [1.82, 2.24) is 15.5 Å². The van der Waals surface area contributed by atoms with Crippen molar-refractivity contribution in [3.63, 3.8) is 0 Å². The van der Waals surface area contributed by atoms with Gasteiger partial charge in [-0.15, -0.1) is 0 Å². The molecular weight excluding hydrogens is 312 g/mol. The molecule has 0 saturated carbocycles. The van der Waals surface area contributed by atoms with Crippen LogP contribution in [0.5, 0.6) is 0 Å². The van der Waals surface area contributed by atoms with Crippen LogP contribution in [-0.2, 0) is 16.7 Å². The van der Waals surface area contributed by atoms with Gasteiger partial charge in [0.2, 0.25) is 5.82 Å². The summed E-state index contributed by atoms with van der Waals surface area (Å²) in [4.78, 5) is 15.3. The maximum atomic E-state index is 11.3. The molecule has 2 aromatic heterocycles. The lowest BCUT2D eigenvalue weighted by Gasteiger charge is -2.04. The van der Waals surface area contributed by atoms with Gasteiger partial charge in [0.25, 0.3) is 0 Å². The lowest BCUT2D eigenvalue weighted by Crippen LogP contribution is -2.33. The molecule has 22 heavy (non-hydrogen) atoms. The first kappa shape index (κ1) is 16.0. The first-order valence-electron chi connectivity index (χ1n) is 6.38. The molecule has 1 N–H and O–H groups in total. The summed E-state index contributed by atoms with van der Waals surface area (Å²) in [7, 11) is -2.73. The van der Waals surface area contributed by atoms with Gasteiger partial charge in [0, 0.05) is 36.9 Å². The molecule has 0 aromatic carbocycles. The fourth-order valence-corrected chi connectivity index (χ4v) is 2.20. The number of hydrogen-bond donors (Lipinski definition) is 1. The maximum Gasteiger partial charge on any atom is 0.316 e. The van der Waals surface area contributed by atoms with Crippen molar-refractivity contribution < 1.29 is 26.9 Å². The minimum Gasteiger partial charge on any atom is -0.748 e. The first-order chi connectivity index (χ1) is 10.4. The van der Waals surface area contributed by atoms with E-state index < -0.39 is 21.8 Å². The predicted octanol–water partition coefficient (Wildman–Crippen LogP) is -0.681. The fourth-order valence-electron chi connectivity index (χ4n) is 1.72. The zero-order chi connectivity index (χ0) is 16.2. The van der Waals surface area contributed by atoms with E-state index in [1.807, 2.05) is 0 Å². The average molecular weight is 326 g/mol. The molecule has 118 valence electrons. The van der Waals surface area contributed by atoms with E-state index in [2.05, 4.69) is 15.5 Å². The second kappa shape index (κ2) is 6.62. The Balaban J connectivity index is 2.02. The number of nitrogens with one attached hydrogen (secondary N) is 1. The highest BCUT2D eigenvalue weighted by atomic mass is 32.2. The maximum absolute atomic E-state index is 11.3. The largest absolute Gasteiger partial charge is 0.748 e. The zero-order valence-electron chi connectivity index (χ0n) is 11.7. The van der Waals surface area contributed by atoms with Crippen LogP contribution in [0.25, 0.3) is 11.4 Å². The van der Waals surface area contributed by atoms with Gasteiger partial charge in [0.1, 0.15) is 6.54 Å². The third-order valence-corrected chi connectivity index (χ3v) is 3.60. The lowest BCUT2D eigenvalue weighted by molar-refractivity contribution is -0.696. The Labute approximate surface area is 126 Å². The van der Waals surface area contributed by atoms with Gasteiger partial charge in [-0.1, -0.05) is 5.16 Å². The quantitative estimate of drug-likeness (QED) is 0.550. The lowest BCUT2D eigenvalue weighted by atomic mass is 10.2.